The minimum absolute atomic E-state index is 0.0790. The smallest absolute Gasteiger partial charge is 0.378 e. The molecule has 0 fully saturated rings. The van der Waals surface area contributed by atoms with Crippen LogP contribution >= 0.6 is 0 Å². The van der Waals surface area contributed by atoms with Crippen LogP contribution < -0.4 is 5.32 Å². The molecule has 0 aromatic heterocycles. The molecule has 1 aliphatic heterocycles. The number of rotatable bonds is 4. The van der Waals surface area contributed by atoms with Crippen molar-refractivity contribution in [2.75, 3.05) is 5.32 Å². The molecule has 2 aromatic carbocycles. The Balaban J connectivity index is 2.01. The highest BCUT2D eigenvalue weighted by Gasteiger charge is 2.37. The minimum Gasteiger partial charge on any atom is -0.378 e. The molecule has 0 aliphatic carbocycles. The number of halogens is 3. The normalized spacial score (nSPS) is 23.0. The number of hydrogen-bond acceptors (Lipinski definition) is 1. The van der Waals surface area contributed by atoms with E-state index < -0.39 is 11.7 Å². The highest BCUT2D eigenvalue weighted by atomic mass is 19.4. The molecule has 3 rings (SSSR count). The van der Waals surface area contributed by atoms with E-state index in [1.807, 2.05) is 18.2 Å². The van der Waals surface area contributed by atoms with Crippen molar-refractivity contribution >= 4 is 5.69 Å². The number of unbranched alkanes of at least 4 members (excludes halogenated alkanes) is 1. The van der Waals surface area contributed by atoms with Gasteiger partial charge < -0.3 is 5.32 Å². The Morgan fingerprint density at radius 3 is 2.40 bits per heavy atom. The maximum atomic E-state index is 13.1. The second-order valence-electron chi connectivity index (χ2n) is 6.93. The maximum Gasteiger partial charge on any atom is 0.416 e. The number of alkyl halides is 3. The lowest BCUT2D eigenvalue weighted by atomic mass is 9.73. The third-order valence-electron chi connectivity index (χ3n) is 5.30. The molecule has 4 heteroatoms. The van der Waals surface area contributed by atoms with Crippen LogP contribution in [-0.4, -0.2) is 0 Å². The summed E-state index contributed by atoms with van der Waals surface area (Å²) in [6, 6.07) is 14.4. The van der Waals surface area contributed by atoms with Crippen LogP contribution in [0.1, 0.15) is 61.8 Å². The van der Waals surface area contributed by atoms with Crippen LogP contribution in [0.15, 0.2) is 48.5 Å². The van der Waals surface area contributed by atoms with E-state index >= 15 is 0 Å². The van der Waals surface area contributed by atoms with Crippen LogP contribution in [-0.2, 0) is 6.18 Å². The van der Waals surface area contributed by atoms with Gasteiger partial charge in [-0.2, -0.15) is 13.2 Å². The van der Waals surface area contributed by atoms with Gasteiger partial charge in [0.25, 0.3) is 0 Å². The third kappa shape index (κ3) is 3.68. The van der Waals surface area contributed by atoms with E-state index in [0.29, 0.717) is 0 Å². The average molecular weight is 347 g/mol. The molecule has 1 N–H and O–H groups in total. The van der Waals surface area contributed by atoms with Crippen LogP contribution in [0.2, 0.25) is 0 Å². The van der Waals surface area contributed by atoms with Crippen LogP contribution in [0, 0.1) is 5.92 Å². The first kappa shape index (κ1) is 17.8. The molecule has 1 heterocycles. The molecule has 1 aliphatic rings. The van der Waals surface area contributed by atoms with E-state index in [-0.39, 0.29) is 17.9 Å². The van der Waals surface area contributed by atoms with Gasteiger partial charge in [0.2, 0.25) is 0 Å². The first-order valence-corrected chi connectivity index (χ1v) is 8.94. The molecule has 0 radical (unpaired) electrons. The fourth-order valence-corrected chi connectivity index (χ4v) is 3.89. The molecule has 1 nitrogen and oxygen atoms in total. The van der Waals surface area contributed by atoms with Gasteiger partial charge in [0, 0.05) is 5.69 Å². The summed E-state index contributed by atoms with van der Waals surface area (Å²) in [5.74, 6) is 0.355. The summed E-state index contributed by atoms with van der Waals surface area (Å²) in [4.78, 5) is 0. The molecule has 25 heavy (non-hydrogen) atoms. The third-order valence-corrected chi connectivity index (χ3v) is 5.30. The Morgan fingerprint density at radius 1 is 1.04 bits per heavy atom. The molecule has 0 saturated heterocycles. The van der Waals surface area contributed by atoms with Crippen molar-refractivity contribution in [3.05, 3.63) is 65.2 Å². The summed E-state index contributed by atoms with van der Waals surface area (Å²) < 4.78 is 39.3. The topological polar surface area (TPSA) is 12.0 Å². The molecule has 0 spiro atoms. The second kappa shape index (κ2) is 7.11. The van der Waals surface area contributed by atoms with Crippen LogP contribution in [0.4, 0.5) is 18.9 Å². The number of benzene rings is 2. The van der Waals surface area contributed by atoms with Gasteiger partial charge in [-0.3, -0.25) is 0 Å². The molecular weight excluding hydrogens is 323 g/mol. The monoisotopic (exact) mass is 347 g/mol. The zero-order valence-electron chi connectivity index (χ0n) is 14.6. The molecule has 0 unspecified atom stereocenters. The fourth-order valence-electron chi connectivity index (χ4n) is 3.89. The second-order valence-corrected chi connectivity index (χ2v) is 6.93. The number of hydrogen-bond donors (Lipinski definition) is 1. The Bertz CT molecular complexity index is 709. The predicted octanol–water partition coefficient (Wildman–Crippen LogP) is 6.78. The lowest BCUT2D eigenvalue weighted by Gasteiger charge is -2.40. The lowest BCUT2D eigenvalue weighted by molar-refractivity contribution is -0.137. The molecule has 0 saturated carbocycles. The minimum atomic E-state index is -4.30. The van der Waals surface area contributed by atoms with Crippen molar-refractivity contribution < 1.29 is 13.2 Å². The molecule has 0 bridgehead atoms. The van der Waals surface area contributed by atoms with Gasteiger partial charge in [0.05, 0.1) is 11.6 Å². The Hall–Kier alpha value is -1.97. The SMILES string of the molecule is CCCC[C@@H]1[C@H](C)c2cc(C(F)(F)F)ccc2N[C@H]1c1ccccc1. The van der Waals surface area contributed by atoms with Gasteiger partial charge >= 0.3 is 6.18 Å². The van der Waals surface area contributed by atoms with Crippen molar-refractivity contribution in [1.29, 1.82) is 0 Å². The van der Waals surface area contributed by atoms with Crippen LogP contribution in [0.25, 0.3) is 0 Å². The first-order chi connectivity index (χ1) is 11.9. The van der Waals surface area contributed by atoms with Gasteiger partial charge in [-0.05, 0) is 47.6 Å². The van der Waals surface area contributed by atoms with Gasteiger partial charge in [0.1, 0.15) is 0 Å². The standard InChI is InChI=1S/C21H24F3N/c1-3-4-10-17-14(2)18-13-16(21(22,23)24)11-12-19(18)25-20(17)15-8-6-5-7-9-15/h5-9,11-14,17,20,25H,3-4,10H2,1-2H3/t14-,17+,20-/m0/s1. The van der Waals surface area contributed by atoms with Crippen molar-refractivity contribution in [3.8, 4) is 0 Å². The van der Waals surface area contributed by atoms with Gasteiger partial charge in [-0.15, -0.1) is 0 Å². The van der Waals surface area contributed by atoms with E-state index in [0.717, 1.165) is 30.5 Å². The van der Waals surface area contributed by atoms with Crippen molar-refractivity contribution in [1.82, 2.24) is 0 Å². The van der Waals surface area contributed by atoms with Crippen molar-refractivity contribution in [2.45, 2.75) is 51.2 Å². The fraction of sp³-hybridized carbons (Fsp3) is 0.429. The van der Waals surface area contributed by atoms with Crippen molar-refractivity contribution in [2.24, 2.45) is 5.92 Å². The van der Waals surface area contributed by atoms with Crippen LogP contribution in [0.5, 0.6) is 0 Å². The molecule has 134 valence electrons. The summed E-state index contributed by atoms with van der Waals surface area (Å²) in [6.45, 7) is 4.21. The highest BCUT2D eigenvalue weighted by molar-refractivity contribution is 5.59. The van der Waals surface area contributed by atoms with Gasteiger partial charge in [-0.1, -0.05) is 57.0 Å². The van der Waals surface area contributed by atoms with Gasteiger partial charge in [0.15, 0.2) is 0 Å². The summed E-state index contributed by atoms with van der Waals surface area (Å²) in [6.07, 6.45) is -1.14. The summed E-state index contributed by atoms with van der Waals surface area (Å²) in [5.41, 5.74) is 2.23. The number of fused-ring (bicyclic) bond motifs is 1. The summed E-state index contributed by atoms with van der Waals surface area (Å²) in [7, 11) is 0. The molecular formula is C21H24F3N. The quantitative estimate of drug-likeness (QED) is 0.642. The van der Waals surface area contributed by atoms with E-state index in [4.69, 9.17) is 0 Å². The number of nitrogens with one attached hydrogen (secondary N) is 1. The Kier molecular flexibility index (Phi) is 5.07. The summed E-state index contributed by atoms with van der Waals surface area (Å²) >= 11 is 0. The summed E-state index contributed by atoms with van der Waals surface area (Å²) in [5, 5.41) is 3.51. The first-order valence-electron chi connectivity index (χ1n) is 8.94. The van der Waals surface area contributed by atoms with Crippen molar-refractivity contribution in [3.63, 3.8) is 0 Å². The molecule has 2 aromatic rings. The average Bonchev–Trinajstić information content (AvgIpc) is 2.60. The number of anilines is 1. The lowest BCUT2D eigenvalue weighted by Crippen LogP contribution is -2.31. The predicted molar refractivity (Wildman–Crippen MR) is 95.7 cm³/mol. The maximum absolute atomic E-state index is 13.1. The van der Waals surface area contributed by atoms with E-state index in [2.05, 4.69) is 31.3 Å². The zero-order valence-corrected chi connectivity index (χ0v) is 14.6. The zero-order chi connectivity index (χ0) is 18.0. The van der Waals surface area contributed by atoms with Crippen LogP contribution in [0.3, 0.4) is 0 Å². The molecule has 0 amide bonds. The molecule has 3 atom stereocenters. The van der Waals surface area contributed by atoms with E-state index in [1.165, 1.54) is 17.7 Å². The van der Waals surface area contributed by atoms with E-state index in [9.17, 15) is 13.2 Å². The highest BCUT2D eigenvalue weighted by Crippen LogP contribution is 2.47. The van der Waals surface area contributed by atoms with E-state index in [1.54, 1.807) is 6.07 Å². The Labute approximate surface area is 147 Å². The Morgan fingerprint density at radius 2 is 1.76 bits per heavy atom. The largest absolute Gasteiger partial charge is 0.416 e. The van der Waals surface area contributed by atoms with Gasteiger partial charge in [-0.25, -0.2) is 0 Å².